The molecule has 0 bridgehead atoms. The Labute approximate surface area is 153 Å². The van der Waals surface area contributed by atoms with Crippen LogP contribution in [0.1, 0.15) is 38.0 Å². The van der Waals surface area contributed by atoms with Gasteiger partial charge in [-0.1, -0.05) is 31.1 Å². The van der Waals surface area contributed by atoms with Crippen molar-refractivity contribution in [1.82, 2.24) is 10.5 Å². The highest BCUT2D eigenvalue weighted by Crippen LogP contribution is 2.26. The molecule has 0 fully saturated rings. The van der Waals surface area contributed by atoms with Gasteiger partial charge in [0.2, 0.25) is 11.8 Å². The van der Waals surface area contributed by atoms with Crippen LogP contribution >= 0.6 is 0 Å². The molecule has 0 saturated heterocycles. The van der Waals surface area contributed by atoms with Crippen molar-refractivity contribution in [3.8, 4) is 5.75 Å². The van der Waals surface area contributed by atoms with E-state index >= 15 is 0 Å². The third-order valence-electron chi connectivity index (χ3n) is 4.06. The van der Waals surface area contributed by atoms with E-state index in [1.807, 2.05) is 38.1 Å². The highest BCUT2D eigenvalue weighted by Gasteiger charge is 2.27. The van der Waals surface area contributed by atoms with E-state index in [0.717, 1.165) is 11.3 Å². The van der Waals surface area contributed by atoms with Gasteiger partial charge in [0.1, 0.15) is 17.6 Å². The maximum absolute atomic E-state index is 12.8. The molecular weight excluding hydrogens is 334 g/mol. The van der Waals surface area contributed by atoms with E-state index in [0.29, 0.717) is 11.6 Å². The van der Waals surface area contributed by atoms with Crippen LogP contribution in [0.3, 0.4) is 0 Å². The predicted molar refractivity (Wildman–Crippen MR) is 98.0 cm³/mol. The Morgan fingerprint density at radius 2 is 1.77 bits per heavy atom. The maximum Gasteiger partial charge on any atom is 0.247 e. The molecule has 2 N–H and O–H groups in total. The molecule has 0 aliphatic carbocycles. The number of carbonyl (C=O) groups is 2. The Morgan fingerprint density at radius 3 is 2.27 bits per heavy atom. The van der Waals surface area contributed by atoms with Crippen LogP contribution in [0.2, 0.25) is 0 Å². The van der Waals surface area contributed by atoms with Gasteiger partial charge in [-0.3, -0.25) is 9.59 Å². The van der Waals surface area contributed by atoms with Gasteiger partial charge < -0.3 is 19.9 Å². The summed E-state index contributed by atoms with van der Waals surface area (Å²) < 4.78 is 10.1. The van der Waals surface area contributed by atoms with Gasteiger partial charge in [-0.15, -0.1) is 0 Å². The number of anilines is 1. The lowest BCUT2D eigenvalue weighted by atomic mass is 9.87. The van der Waals surface area contributed by atoms with Crippen LogP contribution in [0.25, 0.3) is 0 Å². The van der Waals surface area contributed by atoms with Gasteiger partial charge >= 0.3 is 0 Å². The summed E-state index contributed by atoms with van der Waals surface area (Å²) in [6, 6.07) is 8.28. The zero-order valence-corrected chi connectivity index (χ0v) is 15.7. The fourth-order valence-corrected chi connectivity index (χ4v) is 2.68. The fraction of sp³-hybridized carbons (Fsp3) is 0.421. The fourth-order valence-electron chi connectivity index (χ4n) is 2.68. The molecule has 0 spiro atoms. The molecule has 0 saturated carbocycles. The lowest BCUT2D eigenvalue weighted by Gasteiger charge is -2.23. The van der Waals surface area contributed by atoms with E-state index in [1.54, 1.807) is 27.0 Å². The van der Waals surface area contributed by atoms with Gasteiger partial charge in [0.15, 0.2) is 5.82 Å². The molecule has 7 heteroatoms. The quantitative estimate of drug-likeness (QED) is 0.793. The van der Waals surface area contributed by atoms with Crippen molar-refractivity contribution in [1.29, 1.82) is 0 Å². The van der Waals surface area contributed by atoms with Crippen LogP contribution in [0.15, 0.2) is 34.9 Å². The average molecular weight is 359 g/mol. The van der Waals surface area contributed by atoms with Crippen molar-refractivity contribution in [2.45, 2.75) is 39.7 Å². The lowest BCUT2D eigenvalue weighted by molar-refractivity contribution is -0.127. The van der Waals surface area contributed by atoms with Crippen LogP contribution in [0.5, 0.6) is 5.75 Å². The second-order valence-electron chi connectivity index (χ2n) is 6.54. The van der Waals surface area contributed by atoms with Gasteiger partial charge in [-0.2, -0.15) is 0 Å². The molecule has 1 unspecified atom stereocenters. The molecular formula is C19H25N3O4. The summed E-state index contributed by atoms with van der Waals surface area (Å²) in [4.78, 5) is 25.0. The number of nitrogens with one attached hydrogen (secondary N) is 2. The minimum absolute atomic E-state index is 0.0665. The molecule has 2 amide bonds. The molecule has 0 aliphatic heterocycles. The number of methoxy groups -OCH3 is 1. The number of hydrogen-bond acceptors (Lipinski definition) is 5. The molecule has 0 radical (unpaired) electrons. The molecule has 1 heterocycles. The number of aromatic nitrogens is 1. The van der Waals surface area contributed by atoms with Crippen molar-refractivity contribution >= 4 is 17.6 Å². The van der Waals surface area contributed by atoms with Crippen molar-refractivity contribution in [3.05, 3.63) is 41.7 Å². The molecule has 2 atom stereocenters. The predicted octanol–water partition coefficient (Wildman–Crippen LogP) is 2.87. The Balaban J connectivity index is 2.04. The first-order valence-electron chi connectivity index (χ1n) is 8.50. The van der Waals surface area contributed by atoms with E-state index in [4.69, 9.17) is 9.26 Å². The van der Waals surface area contributed by atoms with Crippen molar-refractivity contribution in [3.63, 3.8) is 0 Å². The summed E-state index contributed by atoms with van der Waals surface area (Å²) >= 11 is 0. The first kappa shape index (κ1) is 19.5. The van der Waals surface area contributed by atoms with E-state index in [9.17, 15) is 9.59 Å². The number of benzene rings is 1. The zero-order chi connectivity index (χ0) is 19.3. The molecule has 0 aliphatic rings. The van der Waals surface area contributed by atoms with E-state index < -0.39 is 6.04 Å². The maximum atomic E-state index is 12.8. The Kier molecular flexibility index (Phi) is 6.38. The van der Waals surface area contributed by atoms with Gasteiger partial charge in [0.05, 0.1) is 13.0 Å². The number of aryl methyl sites for hydroxylation is 1. The molecule has 140 valence electrons. The second-order valence-corrected chi connectivity index (χ2v) is 6.54. The standard InChI is InChI=1S/C19H25N3O4/c1-11(2)17(14-6-8-15(25-5)9-7-14)19(24)20-13(4)18(23)21-16-10-12(3)26-22-16/h6-11,13,17H,1-5H3,(H,20,24)(H,21,22,23)/t13-,17?/m1/s1. The van der Waals surface area contributed by atoms with Crippen LogP contribution in [0, 0.1) is 12.8 Å². The smallest absolute Gasteiger partial charge is 0.247 e. The van der Waals surface area contributed by atoms with E-state index in [1.165, 1.54) is 0 Å². The van der Waals surface area contributed by atoms with Crippen LogP contribution in [-0.4, -0.2) is 30.1 Å². The normalized spacial score (nSPS) is 13.2. The highest BCUT2D eigenvalue weighted by molar-refractivity contribution is 5.97. The van der Waals surface area contributed by atoms with Crippen molar-refractivity contribution in [2.75, 3.05) is 12.4 Å². The molecule has 1 aromatic heterocycles. The minimum Gasteiger partial charge on any atom is -0.497 e. The number of amides is 2. The average Bonchev–Trinajstić information content (AvgIpc) is 3.00. The number of carbonyl (C=O) groups excluding carboxylic acids is 2. The number of rotatable bonds is 7. The van der Waals surface area contributed by atoms with Gasteiger partial charge in [-0.25, -0.2) is 0 Å². The summed E-state index contributed by atoms with van der Waals surface area (Å²) in [5.74, 6) is 0.781. The molecule has 1 aromatic carbocycles. The topological polar surface area (TPSA) is 93.5 Å². The van der Waals surface area contributed by atoms with Gasteiger partial charge in [-0.05, 0) is 37.5 Å². The Morgan fingerprint density at radius 1 is 1.12 bits per heavy atom. The summed E-state index contributed by atoms with van der Waals surface area (Å²) in [7, 11) is 1.60. The van der Waals surface area contributed by atoms with Crippen LogP contribution in [-0.2, 0) is 9.59 Å². The van der Waals surface area contributed by atoms with E-state index in [2.05, 4.69) is 15.8 Å². The number of hydrogen-bond donors (Lipinski definition) is 2. The molecule has 2 rings (SSSR count). The zero-order valence-electron chi connectivity index (χ0n) is 15.7. The van der Waals surface area contributed by atoms with Crippen molar-refractivity contribution in [2.24, 2.45) is 5.92 Å². The Bertz CT molecular complexity index is 752. The monoisotopic (exact) mass is 359 g/mol. The largest absolute Gasteiger partial charge is 0.497 e. The first-order valence-corrected chi connectivity index (χ1v) is 8.50. The third-order valence-corrected chi connectivity index (χ3v) is 4.06. The van der Waals surface area contributed by atoms with Gasteiger partial charge in [0, 0.05) is 6.07 Å². The SMILES string of the molecule is COc1ccc(C(C(=O)N[C@H](C)C(=O)Nc2cc(C)on2)C(C)C)cc1. The minimum atomic E-state index is -0.709. The number of ether oxygens (including phenoxy) is 1. The summed E-state index contributed by atoms with van der Waals surface area (Å²) in [5.41, 5.74) is 0.873. The Hall–Kier alpha value is -2.83. The first-order chi connectivity index (χ1) is 12.3. The number of nitrogens with zero attached hydrogens (tertiary/aromatic N) is 1. The molecule has 26 heavy (non-hydrogen) atoms. The molecule has 7 nitrogen and oxygen atoms in total. The van der Waals surface area contributed by atoms with E-state index in [-0.39, 0.29) is 23.7 Å². The van der Waals surface area contributed by atoms with Crippen molar-refractivity contribution < 1.29 is 18.8 Å². The summed E-state index contributed by atoms with van der Waals surface area (Å²) in [5, 5.41) is 9.10. The van der Waals surface area contributed by atoms with Crippen LogP contribution in [0.4, 0.5) is 5.82 Å². The van der Waals surface area contributed by atoms with Gasteiger partial charge in [0.25, 0.3) is 0 Å². The summed E-state index contributed by atoms with van der Waals surface area (Å²) in [6.07, 6.45) is 0. The van der Waals surface area contributed by atoms with Crippen LogP contribution < -0.4 is 15.4 Å². The summed E-state index contributed by atoms with van der Waals surface area (Å²) in [6.45, 7) is 7.30. The third kappa shape index (κ3) is 4.84. The second kappa shape index (κ2) is 8.51. The molecule has 2 aromatic rings. The lowest BCUT2D eigenvalue weighted by Crippen LogP contribution is -2.44. The highest BCUT2D eigenvalue weighted by atomic mass is 16.5.